The highest BCUT2D eigenvalue weighted by atomic mass is 15.0. The van der Waals surface area contributed by atoms with Crippen LogP contribution in [0.25, 0.3) is 22.8 Å². The Bertz CT molecular complexity index is 623. The van der Waals surface area contributed by atoms with Crippen molar-refractivity contribution in [1.29, 1.82) is 0 Å². The van der Waals surface area contributed by atoms with Gasteiger partial charge in [0.25, 0.3) is 0 Å². The minimum atomic E-state index is 0.675. The van der Waals surface area contributed by atoms with Gasteiger partial charge in [0, 0.05) is 23.5 Å². The molecule has 0 amide bonds. The van der Waals surface area contributed by atoms with Gasteiger partial charge >= 0.3 is 0 Å². The first-order valence-electron chi connectivity index (χ1n) is 6.01. The molecule has 1 aromatic carbocycles. The van der Waals surface area contributed by atoms with E-state index in [1.54, 1.807) is 12.4 Å². The van der Waals surface area contributed by atoms with E-state index in [1.807, 2.05) is 49.4 Å². The summed E-state index contributed by atoms with van der Waals surface area (Å²) in [5, 5.41) is 0. The average Bonchev–Trinajstić information content (AvgIpc) is 2.48. The normalized spacial score (nSPS) is 10.4. The third kappa shape index (κ3) is 2.47. The second-order valence-electron chi connectivity index (χ2n) is 4.13. The predicted molar refractivity (Wildman–Crippen MR) is 73.2 cm³/mol. The van der Waals surface area contributed by atoms with Crippen LogP contribution in [0.5, 0.6) is 0 Å². The second-order valence-corrected chi connectivity index (χ2v) is 4.13. The van der Waals surface area contributed by atoms with Gasteiger partial charge < -0.3 is 0 Å². The lowest BCUT2D eigenvalue weighted by Crippen LogP contribution is -1.99. The van der Waals surface area contributed by atoms with Crippen LogP contribution < -0.4 is 0 Å². The molecule has 3 aromatic rings. The van der Waals surface area contributed by atoms with Crippen molar-refractivity contribution in [2.75, 3.05) is 0 Å². The minimum absolute atomic E-state index is 0.675. The summed E-state index contributed by atoms with van der Waals surface area (Å²) < 4.78 is 0. The van der Waals surface area contributed by atoms with Gasteiger partial charge in [-0.3, -0.25) is 4.98 Å². The van der Waals surface area contributed by atoms with E-state index in [0.717, 1.165) is 11.1 Å². The molecule has 0 aliphatic heterocycles. The van der Waals surface area contributed by atoms with E-state index < -0.39 is 0 Å². The first kappa shape index (κ1) is 11.5. The van der Waals surface area contributed by atoms with Crippen molar-refractivity contribution < 1.29 is 0 Å². The van der Waals surface area contributed by atoms with Crippen molar-refractivity contribution >= 4 is 0 Å². The summed E-state index contributed by atoms with van der Waals surface area (Å²) >= 11 is 0. The quantitative estimate of drug-likeness (QED) is 0.699. The lowest BCUT2D eigenvalue weighted by molar-refractivity contribution is 0.991. The molecule has 2 aromatic heterocycles. The molecule has 0 bridgehead atoms. The molecule has 0 saturated carbocycles. The Kier molecular flexibility index (Phi) is 2.98. The maximum Gasteiger partial charge on any atom is 0.163 e. The van der Waals surface area contributed by atoms with Gasteiger partial charge in [0.1, 0.15) is 5.82 Å². The molecule has 0 N–H and O–H groups in total. The molecule has 0 fully saturated rings. The topological polar surface area (TPSA) is 51.6 Å². The molecule has 0 aliphatic rings. The van der Waals surface area contributed by atoms with E-state index in [1.165, 1.54) is 0 Å². The van der Waals surface area contributed by atoms with Gasteiger partial charge in [-0.2, -0.15) is 0 Å². The number of pyridine rings is 1. The Hall–Kier alpha value is -2.62. The molecule has 0 saturated heterocycles. The molecule has 0 unspecified atom stereocenters. The molecule has 4 nitrogen and oxygen atoms in total. The van der Waals surface area contributed by atoms with Crippen LogP contribution in [0.3, 0.4) is 0 Å². The third-order valence-electron chi connectivity index (χ3n) is 2.72. The van der Waals surface area contributed by atoms with E-state index in [-0.39, 0.29) is 0 Å². The van der Waals surface area contributed by atoms with E-state index in [2.05, 4.69) is 19.9 Å². The minimum Gasteiger partial charge on any atom is -0.265 e. The van der Waals surface area contributed by atoms with Crippen LogP contribution in [0.4, 0.5) is 0 Å². The number of nitrogens with zero attached hydrogens (tertiary/aromatic N) is 4. The first-order chi connectivity index (χ1) is 9.33. The third-order valence-corrected chi connectivity index (χ3v) is 2.72. The van der Waals surface area contributed by atoms with Gasteiger partial charge in [-0.05, 0) is 19.1 Å². The molecule has 0 aliphatic carbocycles. The second kappa shape index (κ2) is 4.94. The summed E-state index contributed by atoms with van der Waals surface area (Å²) in [6.45, 7) is 1.87. The fourth-order valence-corrected chi connectivity index (χ4v) is 1.83. The first-order valence-corrected chi connectivity index (χ1v) is 6.01. The van der Waals surface area contributed by atoms with Crippen molar-refractivity contribution in [1.82, 2.24) is 19.9 Å². The Morgan fingerprint density at radius 3 is 1.89 bits per heavy atom. The van der Waals surface area contributed by atoms with E-state index >= 15 is 0 Å². The molecule has 4 heteroatoms. The Morgan fingerprint density at radius 2 is 1.26 bits per heavy atom. The summed E-state index contributed by atoms with van der Waals surface area (Å²) in [7, 11) is 0. The molecular weight excluding hydrogens is 236 g/mol. The lowest BCUT2D eigenvalue weighted by Gasteiger charge is -2.05. The van der Waals surface area contributed by atoms with E-state index in [0.29, 0.717) is 17.5 Å². The van der Waals surface area contributed by atoms with Crippen molar-refractivity contribution in [3.8, 4) is 22.8 Å². The van der Waals surface area contributed by atoms with Crippen LogP contribution >= 0.6 is 0 Å². The van der Waals surface area contributed by atoms with Crippen LogP contribution in [0, 0.1) is 6.92 Å². The molecule has 92 valence electrons. The number of aryl methyl sites for hydroxylation is 1. The summed E-state index contributed by atoms with van der Waals surface area (Å²) in [6.07, 6.45) is 3.47. The molecular formula is C15H12N4. The van der Waals surface area contributed by atoms with Crippen molar-refractivity contribution in [2.24, 2.45) is 0 Å². The van der Waals surface area contributed by atoms with Crippen LogP contribution in [-0.4, -0.2) is 19.9 Å². The highest BCUT2D eigenvalue weighted by Gasteiger charge is 2.07. The summed E-state index contributed by atoms with van der Waals surface area (Å²) in [6, 6.07) is 13.7. The Morgan fingerprint density at radius 1 is 0.684 bits per heavy atom. The molecule has 3 rings (SSSR count). The molecule has 0 radical (unpaired) electrons. The molecule has 19 heavy (non-hydrogen) atoms. The van der Waals surface area contributed by atoms with Crippen molar-refractivity contribution in [3.05, 3.63) is 60.7 Å². The molecule has 0 atom stereocenters. The molecule has 0 spiro atoms. The highest BCUT2D eigenvalue weighted by Crippen LogP contribution is 2.19. The number of hydrogen-bond donors (Lipinski definition) is 0. The Balaban J connectivity index is 2.12. The van der Waals surface area contributed by atoms with Gasteiger partial charge in [-0.1, -0.05) is 30.3 Å². The average molecular weight is 248 g/mol. The van der Waals surface area contributed by atoms with Crippen LogP contribution in [-0.2, 0) is 0 Å². The smallest absolute Gasteiger partial charge is 0.163 e. The SMILES string of the molecule is Cc1nc(-c2ccccc2)nc(-c2ccncc2)n1. The lowest BCUT2D eigenvalue weighted by atomic mass is 10.2. The number of benzene rings is 1. The largest absolute Gasteiger partial charge is 0.265 e. The summed E-state index contributed by atoms with van der Waals surface area (Å²) in [5.74, 6) is 2.08. The van der Waals surface area contributed by atoms with Gasteiger partial charge in [-0.25, -0.2) is 15.0 Å². The van der Waals surface area contributed by atoms with Crippen LogP contribution in [0.2, 0.25) is 0 Å². The highest BCUT2D eigenvalue weighted by molar-refractivity contribution is 5.60. The van der Waals surface area contributed by atoms with Crippen LogP contribution in [0.15, 0.2) is 54.9 Å². The summed E-state index contributed by atoms with van der Waals surface area (Å²) in [4.78, 5) is 17.3. The fourth-order valence-electron chi connectivity index (χ4n) is 1.83. The standard InChI is InChI=1S/C15H12N4/c1-11-17-14(12-5-3-2-4-6-12)19-15(18-11)13-7-9-16-10-8-13/h2-10H,1H3. The van der Waals surface area contributed by atoms with Gasteiger partial charge in [-0.15, -0.1) is 0 Å². The zero-order valence-corrected chi connectivity index (χ0v) is 10.5. The predicted octanol–water partition coefficient (Wildman–Crippen LogP) is 2.91. The Labute approximate surface area is 111 Å². The zero-order chi connectivity index (χ0) is 13.1. The maximum absolute atomic E-state index is 4.52. The number of rotatable bonds is 2. The van der Waals surface area contributed by atoms with Gasteiger partial charge in [0.15, 0.2) is 11.6 Å². The maximum atomic E-state index is 4.52. The molecule has 2 heterocycles. The number of aromatic nitrogens is 4. The summed E-state index contributed by atoms with van der Waals surface area (Å²) in [5.41, 5.74) is 1.93. The van der Waals surface area contributed by atoms with Gasteiger partial charge in [0.05, 0.1) is 0 Å². The van der Waals surface area contributed by atoms with E-state index in [9.17, 15) is 0 Å². The van der Waals surface area contributed by atoms with Crippen molar-refractivity contribution in [2.45, 2.75) is 6.92 Å². The van der Waals surface area contributed by atoms with Gasteiger partial charge in [0.2, 0.25) is 0 Å². The monoisotopic (exact) mass is 248 g/mol. The van der Waals surface area contributed by atoms with E-state index in [4.69, 9.17) is 0 Å². The van der Waals surface area contributed by atoms with Crippen LogP contribution in [0.1, 0.15) is 5.82 Å². The number of hydrogen-bond acceptors (Lipinski definition) is 4. The fraction of sp³-hybridized carbons (Fsp3) is 0.0667. The zero-order valence-electron chi connectivity index (χ0n) is 10.5. The van der Waals surface area contributed by atoms with Crippen molar-refractivity contribution in [3.63, 3.8) is 0 Å².